The minimum absolute atomic E-state index is 0.0660. The Kier molecular flexibility index (Phi) is 6.81. The number of amides is 1. The van der Waals surface area contributed by atoms with Crippen LogP contribution >= 0.6 is 11.8 Å². The van der Waals surface area contributed by atoms with Crippen molar-refractivity contribution in [1.82, 2.24) is 10.3 Å². The van der Waals surface area contributed by atoms with E-state index in [9.17, 15) is 10.1 Å². The summed E-state index contributed by atoms with van der Waals surface area (Å²) in [4.78, 5) is 17.3. The number of hydrogen-bond acceptors (Lipinski definition) is 6. The lowest BCUT2D eigenvalue weighted by Gasteiger charge is -2.12. The van der Waals surface area contributed by atoms with Gasteiger partial charge in [-0.15, -0.1) is 0 Å². The second-order valence-electron chi connectivity index (χ2n) is 7.56. The fraction of sp³-hybridized carbons (Fsp3) is 0.160. The number of hydrogen-bond donors (Lipinski definition) is 1. The van der Waals surface area contributed by atoms with Crippen LogP contribution in [0.3, 0.4) is 0 Å². The molecule has 7 nitrogen and oxygen atoms in total. The quantitative estimate of drug-likeness (QED) is 0.315. The van der Waals surface area contributed by atoms with Crippen LogP contribution in [0, 0.1) is 11.3 Å². The van der Waals surface area contributed by atoms with E-state index in [4.69, 9.17) is 9.51 Å². The number of nitrogens with one attached hydrogen (secondary N) is 1. The maximum Gasteiger partial charge on any atom is 0.302 e. The topological polar surface area (TPSA) is 95.7 Å². The molecule has 0 bridgehead atoms. The van der Waals surface area contributed by atoms with Crippen LogP contribution in [0.25, 0.3) is 22.4 Å². The zero-order valence-electron chi connectivity index (χ0n) is 18.2. The summed E-state index contributed by atoms with van der Waals surface area (Å²) in [5.41, 5.74) is 3.81. The van der Waals surface area contributed by atoms with Crippen LogP contribution in [-0.2, 0) is 4.79 Å². The second-order valence-corrected chi connectivity index (χ2v) is 8.52. The molecule has 33 heavy (non-hydrogen) atoms. The molecule has 0 aliphatic heterocycles. The Hall–Kier alpha value is -3.96. The molecule has 164 valence electrons. The number of nitrogens with zero attached hydrogens (tertiary/aromatic N) is 4. The van der Waals surface area contributed by atoms with Gasteiger partial charge in [0.15, 0.2) is 6.04 Å². The lowest BCUT2D eigenvalue weighted by molar-refractivity contribution is -0.779. The highest BCUT2D eigenvalue weighted by Crippen LogP contribution is 2.34. The zero-order valence-corrected chi connectivity index (χ0v) is 19.0. The monoisotopic (exact) mass is 456 g/mol. The van der Waals surface area contributed by atoms with Gasteiger partial charge in [-0.1, -0.05) is 72.4 Å². The van der Waals surface area contributed by atoms with Crippen molar-refractivity contribution in [3.63, 3.8) is 0 Å². The van der Waals surface area contributed by atoms with Gasteiger partial charge in [-0.2, -0.15) is 5.26 Å². The van der Waals surface area contributed by atoms with Crippen LogP contribution in [0.15, 0.2) is 82.5 Å². The third kappa shape index (κ3) is 5.27. The third-order valence-electron chi connectivity index (χ3n) is 4.87. The molecule has 0 aliphatic rings. The van der Waals surface area contributed by atoms with E-state index in [0.29, 0.717) is 10.6 Å². The molecule has 8 heteroatoms. The van der Waals surface area contributed by atoms with Crippen molar-refractivity contribution in [2.75, 3.05) is 11.1 Å². The van der Waals surface area contributed by atoms with Crippen molar-refractivity contribution in [2.24, 2.45) is 0 Å². The number of nitriles is 1. The SMILES string of the molecule is CC(C)[n+]1cc(NC(=O)CSc2nc(-c3ccccc3)cc(-c3ccccc3)c2C#N)on1. The second kappa shape index (κ2) is 10.1. The molecule has 2 aromatic heterocycles. The summed E-state index contributed by atoms with van der Waals surface area (Å²) < 4.78 is 6.77. The van der Waals surface area contributed by atoms with E-state index in [1.165, 1.54) is 11.8 Å². The molecule has 4 rings (SSSR count). The number of benzene rings is 2. The fourth-order valence-electron chi connectivity index (χ4n) is 3.20. The summed E-state index contributed by atoms with van der Waals surface area (Å²) >= 11 is 1.22. The van der Waals surface area contributed by atoms with E-state index < -0.39 is 0 Å². The van der Waals surface area contributed by atoms with Crippen LogP contribution in [0.2, 0.25) is 0 Å². The summed E-state index contributed by atoms with van der Waals surface area (Å²) in [6.45, 7) is 3.92. The molecule has 0 unspecified atom stereocenters. The van der Waals surface area contributed by atoms with Crippen LogP contribution in [0.4, 0.5) is 5.88 Å². The van der Waals surface area contributed by atoms with Crippen molar-refractivity contribution >= 4 is 23.6 Å². The Morgan fingerprint density at radius 1 is 1.12 bits per heavy atom. The highest BCUT2D eigenvalue weighted by atomic mass is 32.2. The van der Waals surface area contributed by atoms with Gasteiger partial charge in [0.1, 0.15) is 11.1 Å². The molecular weight excluding hydrogens is 434 g/mol. The summed E-state index contributed by atoms with van der Waals surface area (Å²) in [6.07, 6.45) is 1.63. The molecule has 0 radical (unpaired) electrons. The van der Waals surface area contributed by atoms with Crippen LogP contribution in [-0.4, -0.2) is 21.9 Å². The van der Waals surface area contributed by atoms with Gasteiger partial charge in [0.2, 0.25) is 11.2 Å². The van der Waals surface area contributed by atoms with Crippen molar-refractivity contribution in [3.05, 3.63) is 78.5 Å². The number of rotatable bonds is 7. The van der Waals surface area contributed by atoms with E-state index in [1.807, 2.05) is 80.6 Å². The molecule has 0 saturated carbocycles. The van der Waals surface area contributed by atoms with Gasteiger partial charge >= 0.3 is 5.88 Å². The first kappa shape index (κ1) is 22.2. The molecule has 2 aromatic carbocycles. The molecule has 0 saturated heterocycles. The number of carbonyl (C=O) groups excluding carboxylic acids is 1. The Morgan fingerprint density at radius 2 is 1.79 bits per heavy atom. The average Bonchev–Trinajstić information content (AvgIpc) is 3.32. The smallest absolute Gasteiger partial charge is 0.288 e. The molecule has 4 aromatic rings. The minimum Gasteiger partial charge on any atom is -0.288 e. The lowest BCUT2D eigenvalue weighted by Crippen LogP contribution is -2.36. The number of carbonyl (C=O) groups is 1. The molecule has 1 N–H and O–H groups in total. The normalized spacial score (nSPS) is 10.7. The lowest BCUT2D eigenvalue weighted by atomic mass is 9.99. The van der Waals surface area contributed by atoms with Crippen LogP contribution in [0.1, 0.15) is 25.5 Å². The Bertz CT molecular complexity index is 1300. The van der Waals surface area contributed by atoms with Crippen molar-refractivity contribution < 1.29 is 14.0 Å². The van der Waals surface area contributed by atoms with E-state index >= 15 is 0 Å². The summed E-state index contributed by atoms with van der Waals surface area (Å²) in [5, 5.41) is 17.0. The first-order chi connectivity index (χ1) is 16.0. The average molecular weight is 457 g/mol. The number of thioether (sulfide) groups is 1. The van der Waals surface area contributed by atoms with Gasteiger partial charge in [0, 0.05) is 11.1 Å². The summed E-state index contributed by atoms with van der Waals surface area (Å²) in [7, 11) is 0. The standard InChI is InChI=1S/C25H21N5O2S/c1-17(2)30-15-24(32-29-30)28-23(31)16-33-25-21(14-26)20(18-9-5-3-6-10-18)13-22(27-25)19-11-7-4-8-12-19/h3-13,15,17H,16H2,1-2H3/p+1. The summed E-state index contributed by atoms with van der Waals surface area (Å²) in [5.74, 6) is 0.0613. The number of pyridine rings is 1. The molecule has 1 amide bonds. The van der Waals surface area contributed by atoms with Gasteiger partial charge in [0.25, 0.3) is 6.20 Å². The first-order valence-electron chi connectivity index (χ1n) is 10.4. The number of aromatic nitrogens is 3. The van der Waals surface area contributed by atoms with E-state index in [1.54, 1.807) is 10.9 Å². The highest BCUT2D eigenvalue weighted by molar-refractivity contribution is 8.00. The Morgan fingerprint density at radius 3 is 2.39 bits per heavy atom. The van der Waals surface area contributed by atoms with Gasteiger partial charge in [-0.3, -0.25) is 14.6 Å². The predicted octanol–water partition coefficient (Wildman–Crippen LogP) is 4.87. The van der Waals surface area contributed by atoms with E-state index in [-0.39, 0.29) is 23.6 Å². The van der Waals surface area contributed by atoms with Crippen LogP contribution < -0.4 is 10.00 Å². The van der Waals surface area contributed by atoms with Gasteiger partial charge in [-0.05, 0) is 30.2 Å². The van der Waals surface area contributed by atoms with Crippen molar-refractivity contribution in [2.45, 2.75) is 24.9 Å². The van der Waals surface area contributed by atoms with Crippen LogP contribution in [0.5, 0.6) is 0 Å². The van der Waals surface area contributed by atoms with Crippen molar-refractivity contribution in [1.29, 1.82) is 5.26 Å². The fourth-order valence-corrected chi connectivity index (χ4v) is 4.00. The maximum absolute atomic E-state index is 12.5. The first-order valence-corrected chi connectivity index (χ1v) is 11.4. The molecule has 0 aliphatic carbocycles. The Labute approximate surface area is 196 Å². The molecule has 0 spiro atoms. The van der Waals surface area contributed by atoms with Gasteiger partial charge in [-0.25, -0.2) is 4.98 Å². The zero-order chi connectivity index (χ0) is 23.2. The molecule has 2 heterocycles. The molecular formula is C25H22N5O2S+. The maximum atomic E-state index is 12.5. The largest absolute Gasteiger partial charge is 0.302 e. The highest BCUT2D eigenvalue weighted by Gasteiger charge is 2.19. The summed E-state index contributed by atoms with van der Waals surface area (Å²) in [6, 6.07) is 23.8. The Balaban J connectivity index is 1.63. The predicted molar refractivity (Wildman–Crippen MR) is 126 cm³/mol. The van der Waals surface area contributed by atoms with E-state index in [0.717, 1.165) is 22.4 Å². The minimum atomic E-state index is -0.274. The molecule has 0 atom stereocenters. The van der Waals surface area contributed by atoms with Gasteiger partial charge in [0.05, 0.1) is 17.0 Å². The molecule has 0 fully saturated rings. The number of anilines is 1. The van der Waals surface area contributed by atoms with Crippen molar-refractivity contribution in [3.8, 4) is 28.5 Å². The third-order valence-corrected chi connectivity index (χ3v) is 5.84. The van der Waals surface area contributed by atoms with Gasteiger partial charge < -0.3 is 0 Å². The van der Waals surface area contributed by atoms with E-state index in [2.05, 4.69) is 16.7 Å².